The number of halogens is 3. The van der Waals surface area contributed by atoms with E-state index in [2.05, 4.69) is 25.8 Å². The van der Waals surface area contributed by atoms with Crippen molar-refractivity contribution in [3.05, 3.63) is 59.4 Å². The maximum absolute atomic E-state index is 12.9. The fourth-order valence-corrected chi connectivity index (χ4v) is 4.90. The van der Waals surface area contributed by atoms with Gasteiger partial charge in [-0.05, 0) is 60.1 Å². The molecule has 5 rings (SSSR count). The van der Waals surface area contributed by atoms with Crippen LogP contribution in [0.2, 0.25) is 0 Å². The Morgan fingerprint density at radius 3 is 2.51 bits per heavy atom. The molecule has 2 aliphatic carbocycles. The van der Waals surface area contributed by atoms with E-state index in [-0.39, 0.29) is 29.6 Å². The third-order valence-corrected chi connectivity index (χ3v) is 7.20. The SMILES string of the molecule is CC(C)(C)c1noc(C(=O)N[C@@H]2CCCCc3cc(-c4ccnc(NC(=O)[C@H]5C[C@H]5C(F)(F)F)c4)ccc32)n1. The van der Waals surface area contributed by atoms with E-state index < -0.39 is 29.8 Å². The number of aryl methyl sites for hydroxylation is 1. The van der Waals surface area contributed by atoms with Gasteiger partial charge in [0.1, 0.15) is 5.82 Å². The summed E-state index contributed by atoms with van der Waals surface area (Å²) in [5.41, 5.74) is 3.41. The molecule has 206 valence electrons. The summed E-state index contributed by atoms with van der Waals surface area (Å²) < 4.78 is 43.7. The van der Waals surface area contributed by atoms with E-state index in [0.29, 0.717) is 5.82 Å². The fraction of sp³-hybridized carbons (Fsp3) is 0.464. The number of aromatic nitrogens is 3. The minimum atomic E-state index is -4.36. The predicted molar refractivity (Wildman–Crippen MR) is 137 cm³/mol. The highest BCUT2D eigenvalue weighted by molar-refractivity contribution is 5.94. The first kappa shape index (κ1) is 26.8. The van der Waals surface area contributed by atoms with Crippen LogP contribution in [0.1, 0.15) is 80.1 Å². The lowest BCUT2D eigenvalue weighted by molar-refractivity contribution is -0.153. The summed E-state index contributed by atoms with van der Waals surface area (Å²) in [4.78, 5) is 33.6. The second kappa shape index (κ2) is 10.1. The molecule has 1 aromatic carbocycles. The molecule has 8 nitrogen and oxygen atoms in total. The summed E-state index contributed by atoms with van der Waals surface area (Å²) in [5.74, 6) is -3.14. The number of hydrogen-bond acceptors (Lipinski definition) is 6. The van der Waals surface area contributed by atoms with Gasteiger partial charge in [0.15, 0.2) is 5.82 Å². The number of nitrogens with one attached hydrogen (secondary N) is 2. The van der Waals surface area contributed by atoms with Gasteiger partial charge in [-0.15, -0.1) is 0 Å². The lowest BCUT2D eigenvalue weighted by Crippen LogP contribution is -2.29. The Bertz CT molecular complexity index is 1400. The van der Waals surface area contributed by atoms with E-state index in [1.54, 1.807) is 12.1 Å². The van der Waals surface area contributed by atoms with Crippen molar-refractivity contribution in [1.82, 2.24) is 20.4 Å². The maximum Gasteiger partial charge on any atom is 0.392 e. The minimum Gasteiger partial charge on any atom is -0.341 e. The first-order chi connectivity index (χ1) is 18.4. The van der Waals surface area contributed by atoms with E-state index >= 15 is 0 Å². The fourth-order valence-electron chi connectivity index (χ4n) is 4.90. The molecule has 0 radical (unpaired) electrons. The van der Waals surface area contributed by atoms with Crippen LogP contribution in [-0.2, 0) is 16.6 Å². The monoisotopic (exact) mass is 541 g/mol. The van der Waals surface area contributed by atoms with Crippen LogP contribution in [0.5, 0.6) is 0 Å². The van der Waals surface area contributed by atoms with E-state index in [4.69, 9.17) is 4.52 Å². The summed E-state index contributed by atoms with van der Waals surface area (Å²) in [6.07, 6.45) is 0.445. The van der Waals surface area contributed by atoms with Crippen LogP contribution >= 0.6 is 0 Å². The highest BCUT2D eigenvalue weighted by atomic mass is 19.4. The van der Waals surface area contributed by atoms with Crippen molar-refractivity contribution in [2.75, 3.05) is 5.32 Å². The highest BCUT2D eigenvalue weighted by Gasteiger charge is 2.58. The van der Waals surface area contributed by atoms with Crippen molar-refractivity contribution >= 4 is 17.6 Å². The van der Waals surface area contributed by atoms with Gasteiger partial charge in [0.05, 0.1) is 17.9 Å². The van der Waals surface area contributed by atoms with Gasteiger partial charge in [-0.25, -0.2) is 4.98 Å². The smallest absolute Gasteiger partial charge is 0.341 e. The summed E-state index contributed by atoms with van der Waals surface area (Å²) in [6.45, 7) is 5.82. The van der Waals surface area contributed by atoms with E-state index in [1.165, 1.54) is 6.20 Å². The van der Waals surface area contributed by atoms with Crippen LogP contribution < -0.4 is 10.6 Å². The number of rotatable bonds is 5. The molecule has 2 amide bonds. The van der Waals surface area contributed by atoms with Gasteiger partial charge in [0.25, 0.3) is 0 Å². The Labute approximate surface area is 223 Å². The Balaban J connectivity index is 1.31. The number of carbonyl (C=O) groups excluding carboxylic acids is 2. The molecule has 0 aliphatic heterocycles. The topological polar surface area (TPSA) is 110 Å². The Hall–Kier alpha value is -3.76. The molecule has 2 aliphatic rings. The molecule has 0 unspecified atom stereocenters. The normalized spacial score (nSPS) is 21.0. The molecule has 2 aromatic heterocycles. The number of carbonyl (C=O) groups is 2. The zero-order valence-corrected chi connectivity index (χ0v) is 21.9. The van der Waals surface area contributed by atoms with Crippen molar-refractivity contribution in [1.29, 1.82) is 0 Å². The number of nitrogens with zero attached hydrogens (tertiary/aromatic N) is 3. The molecule has 0 bridgehead atoms. The second-order valence-corrected chi connectivity index (χ2v) is 11.3. The quantitative estimate of drug-likeness (QED) is 0.397. The number of pyridine rings is 1. The van der Waals surface area contributed by atoms with Crippen LogP contribution in [0.3, 0.4) is 0 Å². The molecule has 2 heterocycles. The lowest BCUT2D eigenvalue weighted by Gasteiger charge is -2.19. The Morgan fingerprint density at radius 2 is 1.82 bits per heavy atom. The third kappa shape index (κ3) is 5.97. The van der Waals surface area contributed by atoms with Gasteiger partial charge in [-0.1, -0.05) is 50.5 Å². The van der Waals surface area contributed by atoms with Crippen molar-refractivity contribution in [3.63, 3.8) is 0 Å². The number of anilines is 1. The van der Waals surface area contributed by atoms with E-state index in [1.807, 2.05) is 39.0 Å². The Kier molecular flexibility index (Phi) is 6.94. The van der Waals surface area contributed by atoms with Crippen LogP contribution in [0.25, 0.3) is 11.1 Å². The second-order valence-electron chi connectivity index (χ2n) is 11.3. The predicted octanol–water partition coefficient (Wildman–Crippen LogP) is 5.76. The first-order valence-electron chi connectivity index (χ1n) is 13.0. The number of hydrogen-bond donors (Lipinski definition) is 2. The van der Waals surface area contributed by atoms with Crippen molar-refractivity contribution in [2.24, 2.45) is 11.8 Å². The molecule has 0 saturated heterocycles. The van der Waals surface area contributed by atoms with E-state index in [0.717, 1.165) is 47.9 Å². The number of alkyl halides is 3. The first-order valence-corrected chi connectivity index (χ1v) is 13.0. The van der Waals surface area contributed by atoms with Gasteiger partial charge >= 0.3 is 18.0 Å². The van der Waals surface area contributed by atoms with Crippen LogP contribution in [0.4, 0.5) is 19.0 Å². The molecule has 39 heavy (non-hydrogen) atoms. The third-order valence-electron chi connectivity index (χ3n) is 7.20. The zero-order chi connectivity index (χ0) is 27.9. The number of benzene rings is 1. The largest absolute Gasteiger partial charge is 0.392 e. The van der Waals surface area contributed by atoms with Gasteiger partial charge in [-0.2, -0.15) is 18.2 Å². The molecule has 1 fully saturated rings. The summed E-state index contributed by atoms with van der Waals surface area (Å²) >= 11 is 0. The van der Waals surface area contributed by atoms with Crippen LogP contribution in [-0.4, -0.2) is 33.1 Å². The molecule has 3 atom stereocenters. The summed E-state index contributed by atoms with van der Waals surface area (Å²) in [6, 6.07) is 9.17. The molecule has 3 aromatic rings. The summed E-state index contributed by atoms with van der Waals surface area (Å²) in [7, 11) is 0. The maximum atomic E-state index is 12.9. The van der Waals surface area contributed by atoms with Crippen molar-refractivity contribution in [2.45, 2.75) is 70.5 Å². The molecule has 2 N–H and O–H groups in total. The molecular formula is C28H30F3N5O3. The molecule has 0 spiro atoms. The van der Waals surface area contributed by atoms with Gasteiger partial charge in [-0.3, -0.25) is 9.59 Å². The highest BCUT2D eigenvalue weighted by Crippen LogP contribution is 2.50. The van der Waals surface area contributed by atoms with Gasteiger partial charge in [0.2, 0.25) is 5.91 Å². The van der Waals surface area contributed by atoms with E-state index in [9.17, 15) is 22.8 Å². The molecule has 11 heteroatoms. The zero-order valence-electron chi connectivity index (χ0n) is 21.9. The van der Waals surface area contributed by atoms with Crippen molar-refractivity contribution in [3.8, 4) is 11.1 Å². The van der Waals surface area contributed by atoms with Crippen LogP contribution in [0, 0.1) is 11.8 Å². The van der Waals surface area contributed by atoms with Crippen molar-refractivity contribution < 1.29 is 27.3 Å². The standard InChI is InChI=1S/C28H30F3N5O3/c1-27(2,3)26-35-25(39-36-26)24(38)33-21-7-5-4-6-17-12-15(8-9-18(17)21)16-10-11-32-22(13-16)34-23(37)19-14-20(19)28(29,30)31/h8-13,19-21H,4-7,14H2,1-3H3,(H,33,38)(H,32,34,37)/t19-,20+,21+/m0/s1. The average molecular weight is 542 g/mol. The van der Waals surface area contributed by atoms with Gasteiger partial charge < -0.3 is 15.2 Å². The number of fused-ring (bicyclic) bond motifs is 1. The minimum absolute atomic E-state index is 0.0681. The lowest BCUT2D eigenvalue weighted by atomic mass is 9.94. The van der Waals surface area contributed by atoms with Gasteiger partial charge in [0, 0.05) is 11.6 Å². The number of amides is 2. The summed E-state index contributed by atoms with van der Waals surface area (Å²) in [5, 5.41) is 9.50. The average Bonchev–Trinajstić information content (AvgIpc) is 3.58. The molecule has 1 saturated carbocycles. The molecular weight excluding hydrogens is 511 g/mol. The Morgan fingerprint density at radius 1 is 1.05 bits per heavy atom. The van der Waals surface area contributed by atoms with Crippen LogP contribution in [0.15, 0.2) is 41.1 Å².